The van der Waals surface area contributed by atoms with E-state index in [2.05, 4.69) is 16.0 Å². The molecule has 0 fully saturated rings. The second kappa shape index (κ2) is 7.63. The van der Waals surface area contributed by atoms with E-state index in [1.165, 1.54) is 0 Å². The number of hydrogen-bond acceptors (Lipinski definition) is 3. The summed E-state index contributed by atoms with van der Waals surface area (Å²) in [5.41, 5.74) is 1.16. The van der Waals surface area contributed by atoms with Gasteiger partial charge in [-0.15, -0.1) is 0 Å². The minimum absolute atomic E-state index is 0.0808. The van der Waals surface area contributed by atoms with Gasteiger partial charge in [-0.25, -0.2) is 0 Å². The SMILES string of the molecule is CCNC(=O)CCNC(=O)c1cc(Cl)ccc1NC. The summed E-state index contributed by atoms with van der Waals surface area (Å²) < 4.78 is 0. The number of amides is 2. The number of carbonyl (C=O) groups excluding carboxylic acids is 2. The zero-order chi connectivity index (χ0) is 14.3. The Morgan fingerprint density at radius 1 is 1.26 bits per heavy atom. The van der Waals surface area contributed by atoms with E-state index in [0.717, 1.165) is 0 Å². The number of carbonyl (C=O) groups is 2. The molecule has 0 bridgehead atoms. The second-order valence-electron chi connectivity index (χ2n) is 3.90. The van der Waals surface area contributed by atoms with E-state index >= 15 is 0 Å². The molecular weight excluding hydrogens is 266 g/mol. The van der Waals surface area contributed by atoms with Gasteiger partial charge >= 0.3 is 0 Å². The molecule has 0 aliphatic heterocycles. The average Bonchev–Trinajstić information content (AvgIpc) is 2.38. The van der Waals surface area contributed by atoms with E-state index in [4.69, 9.17) is 11.6 Å². The van der Waals surface area contributed by atoms with Crippen LogP contribution in [0.1, 0.15) is 23.7 Å². The zero-order valence-corrected chi connectivity index (χ0v) is 11.8. The summed E-state index contributed by atoms with van der Waals surface area (Å²) in [7, 11) is 1.73. The maximum absolute atomic E-state index is 12.0. The fourth-order valence-corrected chi connectivity index (χ4v) is 1.76. The lowest BCUT2D eigenvalue weighted by atomic mass is 10.1. The minimum atomic E-state index is -0.254. The van der Waals surface area contributed by atoms with Crippen LogP contribution in [0.15, 0.2) is 18.2 Å². The van der Waals surface area contributed by atoms with Crippen molar-refractivity contribution in [1.82, 2.24) is 10.6 Å². The lowest BCUT2D eigenvalue weighted by Crippen LogP contribution is -2.30. The third kappa shape index (κ3) is 4.79. The molecule has 2 amide bonds. The lowest BCUT2D eigenvalue weighted by molar-refractivity contribution is -0.120. The Balaban J connectivity index is 2.58. The quantitative estimate of drug-likeness (QED) is 0.743. The van der Waals surface area contributed by atoms with Gasteiger partial charge in [0.2, 0.25) is 5.91 Å². The number of halogens is 1. The van der Waals surface area contributed by atoms with Crippen LogP contribution < -0.4 is 16.0 Å². The third-order valence-corrected chi connectivity index (χ3v) is 2.74. The molecule has 104 valence electrons. The highest BCUT2D eigenvalue weighted by Gasteiger charge is 2.11. The normalized spacial score (nSPS) is 9.84. The zero-order valence-electron chi connectivity index (χ0n) is 11.0. The van der Waals surface area contributed by atoms with Crippen molar-refractivity contribution in [3.63, 3.8) is 0 Å². The van der Waals surface area contributed by atoms with Crippen LogP contribution in [-0.4, -0.2) is 32.0 Å². The molecule has 5 nitrogen and oxygen atoms in total. The summed E-state index contributed by atoms with van der Waals surface area (Å²) in [6.45, 7) is 2.73. The third-order valence-electron chi connectivity index (χ3n) is 2.51. The van der Waals surface area contributed by atoms with Gasteiger partial charge < -0.3 is 16.0 Å². The second-order valence-corrected chi connectivity index (χ2v) is 4.34. The molecule has 1 aromatic rings. The summed E-state index contributed by atoms with van der Waals surface area (Å²) in [5.74, 6) is -0.334. The highest BCUT2D eigenvalue weighted by Crippen LogP contribution is 2.20. The first-order valence-electron chi connectivity index (χ1n) is 6.10. The van der Waals surface area contributed by atoms with E-state index in [9.17, 15) is 9.59 Å². The monoisotopic (exact) mass is 283 g/mol. The van der Waals surface area contributed by atoms with Crippen molar-refractivity contribution < 1.29 is 9.59 Å². The van der Waals surface area contributed by atoms with Gasteiger partial charge in [-0.3, -0.25) is 9.59 Å². The van der Waals surface area contributed by atoms with Gasteiger partial charge in [0, 0.05) is 37.3 Å². The van der Waals surface area contributed by atoms with Crippen molar-refractivity contribution in [2.45, 2.75) is 13.3 Å². The van der Waals surface area contributed by atoms with E-state index in [1.54, 1.807) is 25.2 Å². The largest absolute Gasteiger partial charge is 0.387 e. The molecule has 3 N–H and O–H groups in total. The summed E-state index contributed by atoms with van der Waals surface area (Å²) in [6, 6.07) is 5.04. The van der Waals surface area contributed by atoms with Gasteiger partial charge in [0.05, 0.1) is 5.56 Å². The fourth-order valence-electron chi connectivity index (χ4n) is 1.59. The van der Waals surface area contributed by atoms with Crippen LogP contribution in [0.2, 0.25) is 5.02 Å². The number of benzene rings is 1. The first kappa shape index (κ1) is 15.3. The van der Waals surface area contributed by atoms with Crippen molar-refractivity contribution >= 4 is 29.1 Å². The molecule has 0 saturated carbocycles. The van der Waals surface area contributed by atoms with Crippen LogP contribution in [0.4, 0.5) is 5.69 Å². The molecule has 0 aliphatic carbocycles. The van der Waals surface area contributed by atoms with Crippen LogP contribution >= 0.6 is 11.6 Å². The van der Waals surface area contributed by atoms with Gasteiger partial charge in [-0.05, 0) is 25.1 Å². The summed E-state index contributed by atoms with van der Waals surface area (Å²) >= 11 is 5.87. The van der Waals surface area contributed by atoms with Crippen LogP contribution in [0.25, 0.3) is 0 Å². The van der Waals surface area contributed by atoms with E-state index in [-0.39, 0.29) is 18.2 Å². The molecular formula is C13H18ClN3O2. The van der Waals surface area contributed by atoms with Gasteiger partial charge in [-0.1, -0.05) is 11.6 Å². The highest BCUT2D eigenvalue weighted by molar-refractivity contribution is 6.31. The van der Waals surface area contributed by atoms with Crippen molar-refractivity contribution in [2.24, 2.45) is 0 Å². The molecule has 0 heterocycles. The number of nitrogens with one attached hydrogen (secondary N) is 3. The van der Waals surface area contributed by atoms with Crippen LogP contribution in [0.3, 0.4) is 0 Å². The Morgan fingerprint density at radius 2 is 2.00 bits per heavy atom. The smallest absolute Gasteiger partial charge is 0.253 e. The molecule has 0 saturated heterocycles. The molecule has 0 atom stereocenters. The number of hydrogen-bond donors (Lipinski definition) is 3. The van der Waals surface area contributed by atoms with Crippen molar-refractivity contribution in [3.05, 3.63) is 28.8 Å². The summed E-state index contributed by atoms with van der Waals surface area (Å²) in [5, 5.41) is 8.78. The molecule has 19 heavy (non-hydrogen) atoms. The Hall–Kier alpha value is -1.75. The lowest BCUT2D eigenvalue weighted by Gasteiger charge is -2.10. The topological polar surface area (TPSA) is 70.2 Å². The molecule has 1 rings (SSSR count). The standard InChI is InChI=1S/C13H18ClN3O2/c1-3-16-12(18)6-7-17-13(19)10-8-9(14)4-5-11(10)15-2/h4-5,8,15H,3,6-7H2,1-2H3,(H,16,18)(H,17,19). The van der Waals surface area contributed by atoms with Gasteiger partial charge in [0.15, 0.2) is 0 Å². The Kier molecular flexibility index (Phi) is 6.15. The Labute approximate surface area is 117 Å². The first-order chi connectivity index (χ1) is 9.08. The molecule has 0 unspecified atom stereocenters. The first-order valence-corrected chi connectivity index (χ1v) is 6.48. The van der Waals surface area contributed by atoms with Crippen LogP contribution in [0, 0.1) is 0 Å². The number of anilines is 1. The molecule has 0 radical (unpaired) electrons. The van der Waals surface area contributed by atoms with E-state index < -0.39 is 0 Å². The average molecular weight is 284 g/mol. The van der Waals surface area contributed by atoms with E-state index in [1.807, 2.05) is 6.92 Å². The highest BCUT2D eigenvalue weighted by atomic mass is 35.5. The Morgan fingerprint density at radius 3 is 2.63 bits per heavy atom. The van der Waals surface area contributed by atoms with Gasteiger partial charge in [-0.2, -0.15) is 0 Å². The maximum atomic E-state index is 12.0. The van der Waals surface area contributed by atoms with E-state index in [0.29, 0.717) is 29.4 Å². The molecule has 0 spiro atoms. The Bertz CT molecular complexity index is 463. The van der Waals surface area contributed by atoms with Crippen molar-refractivity contribution in [1.29, 1.82) is 0 Å². The fraction of sp³-hybridized carbons (Fsp3) is 0.385. The number of rotatable bonds is 6. The van der Waals surface area contributed by atoms with Crippen molar-refractivity contribution in [2.75, 3.05) is 25.5 Å². The van der Waals surface area contributed by atoms with Crippen molar-refractivity contribution in [3.8, 4) is 0 Å². The molecule has 0 aliphatic rings. The van der Waals surface area contributed by atoms with Gasteiger partial charge in [0.1, 0.15) is 0 Å². The van der Waals surface area contributed by atoms with Gasteiger partial charge in [0.25, 0.3) is 5.91 Å². The minimum Gasteiger partial charge on any atom is -0.387 e. The maximum Gasteiger partial charge on any atom is 0.253 e. The molecule has 6 heteroatoms. The molecule has 1 aromatic carbocycles. The summed E-state index contributed by atoms with van der Waals surface area (Å²) in [6.07, 6.45) is 0.259. The predicted octanol–water partition coefficient (Wildman–Crippen LogP) is 1.64. The van der Waals surface area contributed by atoms with Crippen LogP contribution in [0.5, 0.6) is 0 Å². The molecule has 0 aromatic heterocycles. The predicted molar refractivity (Wildman–Crippen MR) is 76.6 cm³/mol. The van der Waals surface area contributed by atoms with Crippen LogP contribution in [-0.2, 0) is 4.79 Å². The summed E-state index contributed by atoms with van der Waals surface area (Å²) in [4.78, 5) is 23.2.